The summed E-state index contributed by atoms with van der Waals surface area (Å²) in [5.74, 6) is -0.733. The fraction of sp³-hybridized carbons (Fsp3) is 0.125. The van der Waals surface area contributed by atoms with Crippen LogP contribution in [0.15, 0.2) is 81.3 Å². The number of carboxylic acids is 1. The highest BCUT2D eigenvalue weighted by atomic mass is 35.5. The van der Waals surface area contributed by atoms with E-state index in [-0.39, 0.29) is 30.3 Å². The average molecular weight is 494 g/mol. The van der Waals surface area contributed by atoms with E-state index < -0.39 is 17.3 Å². The zero-order valence-corrected chi connectivity index (χ0v) is 19.3. The SMILES string of the molecule is CCn1c(=O)[nH]/c(=N\c2cccc(Oc3cccc(C(=O)O)n3)c2)n(Cc2ccc(Cl)cc2)c1=O. The Morgan fingerprint density at radius 2 is 1.83 bits per heavy atom. The smallest absolute Gasteiger partial charge is 0.354 e. The molecule has 0 spiro atoms. The molecule has 0 aliphatic heterocycles. The first kappa shape index (κ1) is 23.7. The van der Waals surface area contributed by atoms with Gasteiger partial charge in [0.05, 0.1) is 12.2 Å². The van der Waals surface area contributed by atoms with Crippen LogP contribution in [0.5, 0.6) is 11.6 Å². The van der Waals surface area contributed by atoms with Crippen molar-refractivity contribution in [1.82, 2.24) is 19.1 Å². The molecule has 0 fully saturated rings. The largest absolute Gasteiger partial charge is 0.477 e. The van der Waals surface area contributed by atoms with Gasteiger partial charge in [-0.2, -0.15) is 0 Å². The lowest BCUT2D eigenvalue weighted by Gasteiger charge is -2.10. The number of H-pyrrole nitrogens is 1. The van der Waals surface area contributed by atoms with E-state index in [0.717, 1.165) is 10.1 Å². The summed E-state index contributed by atoms with van der Waals surface area (Å²) in [6.07, 6.45) is 0. The lowest BCUT2D eigenvalue weighted by Crippen LogP contribution is -2.49. The van der Waals surface area contributed by atoms with E-state index in [1.54, 1.807) is 55.5 Å². The number of rotatable bonds is 7. The van der Waals surface area contributed by atoms with Crippen molar-refractivity contribution in [3.05, 3.63) is 110 Å². The normalized spacial score (nSPS) is 11.4. The molecule has 2 aromatic heterocycles. The molecule has 0 bridgehead atoms. The van der Waals surface area contributed by atoms with Crippen LogP contribution in [0, 0.1) is 0 Å². The Morgan fingerprint density at radius 3 is 2.54 bits per heavy atom. The van der Waals surface area contributed by atoms with Crippen molar-refractivity contribution in [2.75, 3.05) is 0 Å². The van der Waals surface area contributed by atoms with Crippen LogP contribution in [0.3, 0.4) is 0 Å². The lowest BCUT2D eigenvalue weighted by molar-refractivity contribution is 0.0689. The minimum absolute atomic E-state index is 0.0581. The minimum Gasteiger partial charge on any atom is -0.477 e. The molecular formula is C24H20ClN5O5. The Balaban J connectivity index is 1.75. The van der Waals surface area contributed by atoms with E-state index >= 15 is 0 Å². The second-order valence-electron chi connectivity index (χ2n) is 7.37. The summed E-state index contributed by atoms with van der Waals surface area (Å²) >= 11 is 5.97. The van der Waals surface area contributed by atoms with Crippen LogP contribution in [-0.4, -0.2) is 30.2 Å². The van der Waals surface area contributed by atoms with Crippen LogP contribution < -0.4 is 21.7 Å². The molecular weight excluding hydrogens is 474 g/mol. The van der Waals surface area contributed by atoms with Crippen LogP contribution in [0.1, 0.15) is 23.0 Å². The second-order valence-corrected chi connectivity index (χ2v) is 7.81. The number of aromatic nitrogens is 4. The average Bonchev–Trinajstić information content (AvgIpc) is 2.83. The second kappa shape index (κ2) is 10.2. The summed E-state index contributed by atoms with van der Waals surface area (Å²) in [4.78, 5) is 47.7. The molecule has 2 N–H and O–H groups in total. The van der Waals surface area contributed by atoms with E-state index in [4.69, 9.17) is 21.4 Å². The predicted molar refractivity (Wildman–Crippen MR) is 128 cm³/mol. The van der Waals surface area contributed by atoms with Crippen LogP contribution in [-0.2, 0) is 13.1 Å². The number of nitrogens with zero attached hydrogens (tertiary/aromatic N) is 4. The number of hydrogen-bond acceptors (Lipinski definition) is 6. The number of pyridine rings is 1. The maximum absolute atomic E-state index is 13.0. The van der Waals surface area contributed by atoms with Gasteiger partial charge < -0.3 is 9.84 Å². The maximum Gasteiger partial charge on any atom is 0.354 e. The van der Waals surface area contributed by atoms with Crippen molar-refractivity contribution >= 4 is 23.3 Å². The molecule has 0 radical (unpaired) electrons. The fourth-order valence-corrected chi connectivity index (χ4v) is 3.41. The summed E-state index contributed by atoms with van der Waals surface area (Å²) in [6.45, 7) is 2.06. The standard InChI is InChI=1S/C24H20ClN5O5/c1-2-29-23(33)28-22(30(24(29)34)14-15-9-11-16(25)12-10-15)26-17-5-3-6-18(13-17)35-20-8-4-7-19(27-20)21(31)32/h3-13H,2,14H2,1H3,(H,31,32)(H,26,28,33). The third-order valence-electron chi connectivity index (χ3n) is 4.97. The van der Waals surface area contributed by atoms with Crippen molar-refractivity contribution in [3.63, 3.8) is 0 Å². The fourth-order valence-electron chi connectivity index (χ4n) is 3.29. The first-order valence-corrected chi connectivity index (χ1v) is 10.9. The third kappa shape index (κ3) is 5.56. The molecule has 0 unspecified atom stereocenters. The molecule has 10 nitrogen and oxygen atoms in total. The quantitative estimate of drug-likeness (QED) is 0.406. The predicted octanol–water partition coefficient (Wildman–Crippen LogP) is 3.18. The molecule has 4 rings (SSSR count). The Labute approximate surface area is 203 Å². The van der Waals surface area contributed by atoms with Crippen molar-refractivity contribution in [3.8, 4) is 11.6 Å². The number of carboxylic acid groups (broad SMARTS) is 1. The van der Waals surface area contributed by atoms with Gasteiger partial charge in [-0.05, 0) is 42.8 Å². The molecule has 0 aliphatic carbocycles. The van der Waals surface area contributed by atoms with Crippen molar-refractivity contribution < 1.29 is 14.6 Å². The Kier molecular flexibility index (Phi) is 6.93. The van der Waals surface area contributed by atoms with Crippen LogP contribution >= 0.6 is 11.6 Å². The van der Waals surface area contributed by atoms with Gasteiger partial charge in [0.1, 0.15) is 5.75 Å². The zero-order chi connectivity index (χ0) is 24.9. The Morgan fingerprint density at radius 1 is 1.09 bits per heavy atom. The van der Waals surface area contributed by atoms with Crippen molar-refractivity contribution in [2.24, 2.45) is 4.99 Å². The van der Waals surface area contributed by atoms with E-state index in [1.807, 2.05) is 0 Å². The van der Waals surface area contributed by atoms with Gasteiger partial charge in [0.15, 0.2) is 5.69 Å². The number of halogens is 1. The van der Waals surface area contributed by atoms with Gasteiger partial charge in [0, 0.05) is 23.7 Å². The topological polar surface area (TPSA) is 132 Å². The highest BCUT2D eigenvalue weighted by Crippen LogP contribution is 2.24. The van der Waals surface area contributed by atoms with Gasteiger partial charge >= 0.3 is 17.3 Å². The molecule has 0 atom stereocenters. The number of aromatic amines is 1. The summed E-state index contributed by atoms with van der Waals surface area (Å²) in [7, 11) is 0. The number of ether oxygens (including phenoxy) is 1. The van der Waals surface area contributed by atoms with Crippen LogP contribution in [0.25, 0.3) is 0 Å². The minimum atomic E-state index is -1.17. The van der Waals surface area contributed by atoms with Gasteiger partial charge in [0.25, 0.3) is 0 Å². The zero-order valence-electron chi connectivity index (χ0n) is 18.5. The molecule has 0 aliphatic rings. The van der Waals surface area contributed by atoms with E-state index in [9.17, 15) is 14.4 Å². The highest BCUT2D eigenvalue weighted by Gasteiger charge is 2.10. The van der Waals surface area contributed by atoms with Crippen LogP contribution in [0.4, 0.5) is 5.69 Å². The van der Waals surface area contributed by atoms with Crippen molar-refractivity contribution in [2.45, 2.75) is 20.0 Å². The molecule has 2 aromatic carbocycles. The summed E-state index contributed by atoms with van der Waals surface area (Å²) < 4.78 is 8.12. The molecule has 35 heavy (non-hydrogen) atoms. The van der Waals surface area contributed by atoms with E-state index in [2.05, 4.69) is 15.0 Å². The number of nitrogens with one attached hydrogen (secondary N) is 1. The molecule has 2 heterocycles. The number of benzene rings is 2. The first-order valence-electron chi connectivity index (χ1n) is 10.6. The van der Waals surface area contributed by atoms with Gasteiger partial charge in [-0.3, -0.25) is 9.55 Å². The first-order chi connectivity index (χ1) is 16.8. The van der Waals surface area contributed by atoms with Crippen molar-refractivity contribution in [1.29, 1.82) is 0 Å². The van der Waals surface area contributed by atoms with E-state index in [0.29, 0.717) is 16.5 Å². The molecule has 0 amide bonds. The Hall–Kier alpha value is -4.44. The highest BCUT2D eigenvalue weighted by molar-refractivity contribution is 6.30. The third-order valence-corrected chi connectivity index (χ3v) is 5.22. The number of carbonyl (C=O) groups is 1. The van der Waals surface area contributed by atoms with Gasteiger partial charge in [-0.15, -0.1) is 0 Å². The monoisotopic (exact) mass is 493 g/mol. The molecule has 11 heteroatoms. The number of hydrogen-bond donors (Lipinski definition) is 2. The van der Waals surface area contributed by atoms with Gasteiger partial charge in [-0.1, -0.05) is 35.9 Å². The van der Waals surface area contributed by atoms with Crippen LogP contribution in [0.2, 0.25) is 5.02 Å². The Bertz CT molecular complexity index is 1570. The summed E-state index contributed by atoms with van der Waals surface area (Å²) in [5, 5.41) is 9.68. The molecule has 178 valence electrons. The molecule has 0 saturated carbocycles. The molecule has 4 aromatic rings. The van der Waals surface area contributed by atoms with Gasteiger partial charge in [-0.25, -0.2) is 28.9 Å². The van der Waals surface area contributed by atoms with E-state index in [1.165, 1.54) is 22.8 Å². The molecule has 0 saturated heterocycles. The summed E-state index contributed by atoms with van der Waals surface area (Å²) in [5.41, 5.74) is 0.0105. The lowest BCUT2D eigenvalue weighted by atomic mass is 10.2. The maximum atomic E-state index is 13.0. The van der Waals surface area contributed by atoms with Gasteiger partial charge in [0.2, 0.25) is 11.5 Å². The summed E-state index contributed by atoms with van der Waals surface area (Å²) in [6, 6.07) is 18.0. The number of aromatic carboxylic acids is 1.